The Balaban J connectivity index is 1.80. The van der Waals surface area contributed by atoms with Gasteiger partial charge in [-0.15, -0.1) is 0 Å². The van der Waals surface area contributed by atoms with Crippen molar-refractivity contribution in [1.82, 2.24) is 0 Å². The molecule has 5 heteroatoms. The second-order valence-corrected chi connectivity index (χ2v) is 6.20. The second-order valence-electron chi connectivity index (χ2n) is 5.10. The molecule has 0 aromatic heterocycles. The quantitative estimate of drug-likeness (QED) is 0.578. The summed E-state index contributed by atoms with van der Waals surface area (Å²) in [6.45, 7) is 0. The maximum atomic E-state index is 12.1. The van der Waals surface area contributed by atoms with Gasteiger partial charge in [0.25, 0.3) is 0 Å². The van der Waals surface area contributed by atoms with Crippen LogP contribution in [0.5, 0.6) is 0 Å². The molecule has 0 fully saturated rings. The van der Waals surface area contributed by atoms with Crippen LogP contribution in [0.2, 0.25) is 0 Å². The van der Waals surface area contributed by atoms with E-state index in [1.54, 1.807) is 0 Å². The van der Waals surface area contributed by atoms with Crippen molar-refractivity contribution in [3.8, 4) is 0 Å². The summed E-state index contributed by atoms with van der Waals surface area (Å²) in [6, 6.07) is 13.6. The average molecular weight is 317 g/mol. The van der Waals surface area contributed by atoms with Crippen molar-refractivity contribution in [2.75, 3.05) is 11.5 Å². The Morgan fingerprint density at radius 3 is 2.59 bits per heavy atom. The summed E-state index contributed by atoms with van der Waals surface area (Å²) in [5.74, 6) is 0.498. The van der Waals surface area contributed by atoms with Crippen molar-refractivity contribution in [2.45, 2.75) is 18.9 Å². The van der Waals surface area contributed by atoms with Gasteiger partial charge in [0.1, 0.15) is 6.10 Å². The fourth-order valence-corrected chi connectivity index (χ4v) is 3.00. The molecule has 1 amide bonds. The fourth-order valence-electron chi connectivity index (χ4n) is 2.13. The molecular weight excluding hydrogens is 298 g/mol. The number of nitrogens with two attached hydrogens (primary N) is 1. The molecule has 2 rings (SSSR count). The van der Waals surface area contributed by atoms with Gasteiger partial charge >= 0.3 is 0 Å². The van der Waals surface area contributed by atoms with Crippen LogP contribution >= 0.6 is 11.8 Å². The molecule has 3 N–H and O–H groups in total. The molecule has 4 nitrogen and oxygen atoms in total. The van der Waals surface area contributed by atoms with Gasteiger partial charge in [-0.3, -0.25) is 9.59 Å². The normalized spacial score (nSPS) is 12.2. The van der Waals surface area contributed by atoms with E-state index in [2.05, 4.69) is 0 Å². The van der Waals surface area contributed by atoms with E-state index in [1.165, 1.54) is 11.8 Å². The summed E-state index contributed by atoms with van der Waals surface area (Å²) in [4.78, 5) is 22.8. The van der Waals surface area contributed by atoms with Crippen LogP contribution in [0.15, 0.2) is 42.5 Å². The number of hydrogen-bond acceptors (Lipinski definition) is 4. The number of aliphatic hydroxyl groups excluding tert-OH is 1. The maximum Gasteiger partial charge on any atom is 0.246 e. The van der Waals surface area contributed by atoms with Gasteiger partial charge in [-0.2, -0.15) is 11.8 Å². The van der Waals surface area contributed by atoms with Gasteiger partial charge < -0.3 is 10.8 Å². The highest BCUT2D eigenvalue weighted by Crippen LogP contribution is 2.17. The van der Waals surface area contributed by atoms with Gasteiger partial charge in [0.05, 0.1) is 5.75 Å². The summed E-state index contributed by atoms with van der Waals surface area (Å²) in [7, 11) is 0. The fraction of sp³-hybridized carbons (Fsp3) is 0.294. The lowest BCUT2D eigenvalue weighted by atomic mass is 10.1. The molecule has 0 radical (unpaired) electrons. The SMILES string of the molecule is NC(=O)C(O)CCCSCC(=O)c1ccc2ccccc2c1. The van der Waals surface area contributed by atoms with E-state index >= 15 is 0 Å². The zero-order valence-corrected chi connectivity index (χ0v) is 13.0. The Labute approximate surface area is 133 Å². The van der Waals surface area contributed by atoms with Gasteiger partial charge in [0, 0.05) is 5.56 Å². The minimum absolute atomic E-state index is 0.0891. The Kier molecular flexibility index (Phi) is 5.98. The van der Waals surface area contributed by atoms with Crippen molar-refractivity contribution < 1.29 is 14.7 Å². The summed E-state index contributed by atoms with van der Waals surface area (Å²) < 4.78 is 0. The first-order valence-electron chi connectivity index (χ1n) is 7.15. The largest absolute Gasteiger partial charge is 0.383 e. The maximum absolute atomic E-state index is 12.1. The van der Waals surface area contributed by atoms with Crippen molar-refractivity contribution in [2.24, 2.45) is 5.73 Å². The molecule has 0 saturated carbocycles. The molecule has 0 spiro atoms. The average Bonchev–Trinajstić information content (AvgIpc) is 2.53. The summed E-state index contributed by atoms with van der Waals surface area (Å²) in [5, 5.41) is 11.4. The topological polar surface area (TPSA) is 80.4 Å². The molecule has 0 bridgehead atoms. The van der Waals surface area contributed by atoms with Gasteiger partial charge in [-0.25, -0.2) is 0 Å². The lowest BCUT2D eigenvalue weighted by Crippen LogP contribution is -2.28. The van der Waals surface area contributed by atoms with Crippen LogP contribution in [0.3, 0.4) is 0 Å². The number of rotatable bonds is 8. The van der Waals surface area contributed by atoms with Crippen LogP contribution < -0.4 is 5.73 Å². The summed E-state index contributed by atoms with van der Waals surface area (Å²) in [6.07, 6.45) is -0.0940. The molecule has 1 atom stereocenters. The predicted octanol–water partition coefficient (Wildman–Crippen LogP) is 2.38. The third-order valence-electron chi connectivity index (χ3n) is 3.40. The molecule has 0 aliphatic rings. The number of benzene rings is 2. The van der Waals surface area contributed by atoms with E-state index in [0.29, 0.717) is 29.9 Å². The smallest absolute Gasteiger partial charge is 0.246 e. The third kappa shape index (κ3) is 4.58. The summed E-state index contributed by atoms with van der Waals surface area (Å²) in [5.41, 5.74) is 5.68. The lowest BCUT2D eigenvalue weighted by Gasteiger charge is -2.06. The van der Waals surface area contributed by atoms with Crippen LogP contribution in [0.25, 0.3) is 10.8 Å². The number of carbonyl (C=O) groups is 2. The van der Waals surface area contributed by atoms with Gasteiger partial charge in [-0.05, 0) is 35.4 Å². The van der Waals surface area contributed by atoms with E-state index in [-0.39, 0.29) is 5.78 Å². The number of aliphatic hydroxyl groups is 1. The van der Waals surface area contributed by atoms with E-state index in [1.807, 2.05) is 42.5 Å². The Morgan fingerprint density at radius 2 is 1.86 bits per heavy atom. The molecule has 2 aromatic rings. The third-order valence-corrected chi connectivity index (χ3v) is 4.44. The highest BCUT2D eigenvalue weighted by molar-refractivity contribution is 7.99. The molecule has 1 unspecified atom stereocenters. The minimum Gasteiger partial charge on any atom is -0.383 e. The number of amides is 1. The molecular formula is C17H19NO3S. The van der Waals surface area contributed by atoms with E-state index < -0.39 is 12.0 Å². The molecule has 0 aliphatic heterocycles. The number of ketones is 1. The van der Waals surface area contributed by atoms with Gasteiger partial charge in [-0.1, -0.05) is 36.4 Å². The van der Waals surface area contributed by atoms with Crippen LogP contribution in [0, 0.1) is 0 Å². The van der Waals surface area contributed by atoms with Crippen molar-refractivity contribution in [3.63, 3.8) is 0 Å². The lowest BCUT2D eigenvalue weighted by molar-refractivity contribution is -0.126. The number of hydrogen-bond donors (Lipinski definition) is 2. The van der Waals surface area contributed by atoms with E-state index in [0.717, 1.165) is 10.8 Å². The highest BCUT2D eigenvalue weighted by atomic mass is 32.2. The van der Waals surface area contributed by atoms with E-state index in [4.69, 9.17) is 5.73 Å². The summed E-state index contributed by atoms with van der Waals surface area (Å²) >= 11 is 1.50. The zero-order chi connectivity index (χ0) is 15.9. The minimum atomic E-state index is -1.09. The van der Waals surface area contributed by atoms with Crippen LogP contribution in [-0.2, 0) is 4.79 Å². The molecule has 0 saturated heterocycles. The number of Topliss-reactive ketones (excluding diaryl/α,β-unsaturated/α-hetero) is 1. The zero-order valence-electron chi connectivity index (χ0n) is 12.2. The number of carbonyl (C=O) groups excluding carboxylic acids is 2. The molecule has 116 valence electrons. The first kappa shape index (κ1) is 16.5. The monoisotopic (exact) mass is 317 g/mol. The van der Waals surface area contributed by atoms with Crippen LogP contribution in [-0.4, -0.2) is 34.4 Å². The van der Waals surface area contributed by atoms with E-state index in [9.17, 15) is 14.7 Å². The van der Waals surface area contributed by atoms with Crippen molar-refractivity contribution in [3.05, 3.63) is 48.0 Å². The Morgan fingerprint density at radius 1 is 1.14 bits per heavy atom. The second kappa shape index (κ2) is 7.96. The molecule has 0 aliphatic carbocycles. The first-order chi connectivity index (χ1) is 10.6. The predicted molar refractivity (Wildman–Crippen MR) is 90.0 cm³/mol. The number of primary amides is 1. The first-order valence-corrected chi connectivity index (χ1v) is 8.30. The Hall–Kier alpha value is -1.85. The number of fused-ring (bicyclic) bond motifs is 1. The van der Waals surface area contributed by atoms with Crippen molar-refractivity contribution in [1.29, 1.82) is 0 Å². The van der Waals surface area contributed by atoms with Gasteiger partial charge in [0.2, 0.25) is 5.91 Å². The van der Waals surface area contributed by atoms with Crippen LogP contribution in [0.4, 0.5) is 0 Å². The molecule has 2 aromatic carbocycles. The van der Waals surface area contributed by atoms with Crippen LogP contribution in [0.1, 0.15) is 23.2 Å². The molecule has 0 heterocycles. The van der Waals surface area contributed by atoms with Gasteiger partial charge in [0.15, 0.2) is 5.78 Å². The standard InChI is InChI=1S/C17H19NO3S/c18-17(21)15(19)6-3-9-22-11-16(20)14-8-7-12-4-1-2-5-13(12)10-14/h1-2,4-5,7-8,10,15,19H,3,6,9,11H2,(H2,18,21). The Bertz CT molecular complexity index is 672. The molecule has 22 heavy (non-hydrogen) atoms. The highest BCUT2D eigenvalue weighted by Gasteiger charge is 2.10. The van der Waals surface area contributed by atoms with Crippen molar-refractivity contribution >= 4 is 34.2 Å². The number of thioether (sulfide) groups is 1.